The number of nitrogens with zero attached hydrogens (tertiary/aromatic N) is 2. The predicted molar refractivity (Wildman–Crippen MR) is 197 cm³/mol. The van der Waals surface area contributed by atoms with Crippen molar-refractivity contribution in [2.45, 2.75) is 51.7 Å². The van der Waals surface area contributed by atoms with E-state index in [1.807, 2.05) is 0 Å². The third-order valence-corrected chi connectivity index (χ3v) is 11.0. The second kappa shape index (κ2) is 10.1. The largest absolute Gasteiger partial charge is 0.494 e. The average molecular weight is 613 g/mol. The van der Waals surface area contributed by atoms with E-state index in [0.29, 0.717) is 0 Å². The number of fused-ring (bicyclic) bond motifs is 7. The highest BCUT2D eigenvalue weighted by Crippen LogP contribution is 2.45. The smallest absolute Gasteiger partial charge is 0.399 e. The van der Waals surface area contributed by atoms with Crippen LogP contribution in [0.1, 0.15) is 51.7 Å². The molecule has 4 nitrogen and oxygen atoms in total. The van der Waals surface area contributed by atoms with Crippen LogP contribution in [0, 0.1) is 5.92 Å². The van der Waals surface area contributed by atoms with Crippen LogP contribution in [0.5, 0.6) is 0 Å². The van der Waals surface area contributed by atoms with Crippen molar-refractivity contribution in [1.82, 2.24) is 4.57 Å². The van der Waals surface area contributed by atoms with E-state index in [1.165, 1.54) is 43.4 Å². The Morgan fingerprint density at radius 2 is 1.26 bits per heavy atom. The first-order valence-corrected chi connectivity index (χ1v) is 16.7. The summed E-state index contributed by atoms with van der Waals surface area (Å²) in [6, 6.07) is 44.2. The zero-order valence-electron chi connectivity index (χ0n) is 27.5. The van der Waals surface area contributed by atoms with Crippen molar-refractivity contribution in [2.24, 2.45) is 10.9 Å². The molecule has 1 unspecified atom stereocenters. The summed E-state index contributed by atoms with van der Waals surface area (Å²) in [5, 5.41) is 7.52. The van der Waals surface area contributed by atoms with Crippen LogP contribution in [-0.2, 0) is 9.31 Å². The minimum atomic E-state index is -0.441. The molecule has 3 heterocycles. The lowest BCUT2D eigenvalue weighted by atomic mass is 9.77. The van der Waals surface area contributed by atoms with Gasteiger partial charge in [-0.3, -0.25) is 4.57 Å². The Bertz CT molecular complexity index is 2400. The molecule has 2 atom stereocenters. The Balaban J connectivity index is 1.23. The molecule has 0 aliphatic carbocycles. The summed E-state index contributed by atoms with van der Waals surface area (Å²) in [7, 11) is -0.441. The number of hydrogen-bond donors (Lipinski definition) is 0. The van der Waals surface area contributed by atoms with Gasteiger partial charge in [0.2, 0.25) is 0 Å². The number of aliphatic imine (C=N–C) groups is 1. The van der Waals surface area contributed by atoms with Crippen molar-refractivity contribution in [3.63, 3.8) is 0 Å². The Labute approximate surface area is 275 Å². The molecule has 1 aromatic heterocycles. The minimum absolute atomic E-state index is 0.0994. The third-order valence-electron chi connectivity index (χ3n) is 11.0. The lowest BCUT2D eigenvalue weighted by Gasteiger charge is -2.32. The van der Waals surface area contributed by atoms with Crippen LogP contribution in [0.25, 0.3) is 43.4 Å². The molecule has 1 fully saturated rings. The number of aromatic nitrogens is 1. The van der Waals surface area contributed by atoms with Crippen LogP contribution in [0.15, 0.2) is 126 Å². The zero-order chi connectivity index (χ0) is 32.1. The van der Waals surface area contributed by atoms with Crippen LogP contribution in [0.3, 0.4) is 0 Å². The number of para-hydroxylation sites is 2. The predicted octanol–water partition coefficient (Wildman–Crippen LogP) is 9.76. The lowest BCUT2D eigenvalue weighted by Crippen LogP contribution is -2.41. The molecule has 2 aliphatic heterocycles. The molecule has 230 valence electrons. The molecule has 0 radical (unpaired) electrons. The monoisotopic (exact) mass is 612 g/mol. The SMILES string of the molecule is C[C@@H]1C(n2c3ccccc3c3ccc(B4OC(C)(C)C(C)(C)O4)cc32)=Nc2ccccc2C1c1ccc2c(ccc3ccccc32)c1. The molecule has 5 heteroatoms. The fourth-order valence-electron chi connectivity index (χ4n) is 7.80. The van der Waals surface area contributed by atoms with E-state index in [2.05, 4.69) is 161 Å². The van der Waals surface area contributed by atoms with E-state index in [-0.39, 0.29) is 11.8 Å². The molecule has 6 aromatic carbocycles. The lowest BCUT2D eigenvalue weighted by molar-refractivity contribution is 0.00578. The van der Waals surface area contributed by atoms with E-state index in [1.54, 1.807) is 0 Å². The fourth-order valence-corrected chi connectivity index (χ4v) is 7.80. The summed E-state index contributed by atoms with van der Waals surface area (Å²) in [6.45, 7) is 10.8. The summed E-state index contributed by atoms with van der Waals surface area (Å²) >= 11 is 0. The maximum atomic E-state index is 6.50. The van der Waals surface area contributed by atoms with Gasteiger partial charge >= 0.3 is 7.12 Å². The van der Waals surface area contributed by atoms with Crippen molar-refractivity contribution in [2.75, 3.05) is 0 Å². The topological polar surface area (TPSA) is 35.8 Å². The van der Waals surface area contributed by atoms with Crippen LogP contribution >= 0.6 is 0 Å². The van der Waals surface area contributed by atoms with Crippen molar-refractivity contribution < 1.29 is 9.31 Å². The number of benzene rings is 6. The summed E-state index contributed by atoms with van der Waals surface area (Å²) in [6.07, 6.45) is 0. The Morgan fingerprint density at radius 3 is 2.09 bits per heavy atom. The van der Waals surface area contributed by atoms with Crippen LogP contribution in [0.4, 0.5) is 5.69 Å². The summed E-state index contributed by atoms with van der Waals surface area (Å²) in [4.78, 5) is 5.44. The Morgan fingerprint density at radius 1 is 0.617 bits per heavy atom. The maximum absolute atomic E-state index is 6.50. The van der Waals surface area contributed by atoms with E-state index in [9.17, 15) is 0 Å². The van der Waals surface area contributed by atoms with E-state index in [0.717, 1.165) is 28.0 Å². The second-order valence-electron chi connectivity index (χ2n) is 14.3. The summed E-state index contributed by atoms with van der Waals surface area (Å²) in [5.41, 5.74) is 6.06. The minimum Gasteiger partial charge on any atom is -0.399 e. The van der Waals surface area contributed by atoms with Crippen LogP contribution < -0.4 is 5.46 Å². The fraction of sp³-hybridized carbons (Fsp3) is 0.214. The molecule has 0 saturated carbocycles. The first-order valence-electron chi connectivity index (χ1n) is 16.7. The van der Waals surface area contributed by atoms with Crippen molar-refractivity contribution >= 4 is 67.5 Å². The highest BCUT2D eigenvalue weighted by Gasteiger charge is 2.51. The van der Waals surface area contributed by atoms with Gasteiger partial charge in [-0.05, 0) is 84.0 Å². The van der Waals surface area contributed by atoms with Crippen molar-refractivity contribution in [3.05, 3.63) is 132 Å². The molecule has 0 N–H and O–H groups in total. The van der Waals surface area contributed by atoms with Gasteiger partial charge in [0, 0.05) is 22.6 Å². The summed E-state index contributed by atoms with van der Waals surface area (Å²) in [5.74, 6) is 1.28. The molecule has 0 spiro atoms. The van der Waals surface area contributed by atoms with Gasteiger partial charge in [0.05, 0.1) is 27.9 Å². The number of rotatable bonds is 2. The normalized spacial score (nSPS) is 20.3. The highest BCUT2D eigenvalue weighted by atomic mass is 16.7. The molecule has 0 bridgehead atoms. The summed E-state index contributed by atoms with van der Waals surface area (Å²) < 4.78 is 15.4. The molecule has 0 amide bonds. The molecular weight excluding hydrogens is 575 g/mol. The van der Waals surface area contributed by atoms with Gasteiger partial charge in [0.1, 0.15) is 5.84 Å². The quantitative estimate of drug-likeness (QED) is 0.144. The first-order chi connectivity index (χ1) is 22.7. The van der Waals surface area contributed by atoms with Gasteiger partial charge in [-0.15, -0.1) is 0 Å². The second-order valence-corrected chi connectivity index (χ2v) is 14.3. The average Bonchev–Trinajstić information content (AvgIpc) is 3.52. The Hall–Kier alpha value is -4.71. The molecule has 9 rings (SSSR count). The van der Waals surface area contributed by atoms with E-state index >= 15 is 0 Å². The van der Waals surface area contributed by atoms with Gasteiger partial charge in [-0.25, -0.2) is 4.99 Å². The highest BCUT2D eigenvalue weighted by molar-refractivity contribution is 6.62. The van der Waals surface area contributed by atoms with Crippen LogP contribution in [-0.4, -0.2) is 28.7 Å². The molecule has 7 aromatic rings. The van der Waals surface area contributed by atoms with Gasteiger partial charge in [-0.2, -0.15) is 0 Å². The Kier molecular flexibility index (Phi) is 6.15. The molecular formula is C42H37BN2O2. The third kappa shape index (κ3) is 4.26. The van der Waals surface area contributed by atoms with Gasteiger partial charge in [0.25, 0.3) is 0 Å². The maximum Gasteiger partial charge on any atom is 0.494 e. The number of hydrogen-bond acceptors (Lipinski definition) is 3. The van der Waals surface area contributed by atoms with Gasteiger partial charge < -0.3 is 9.31 Å². The van der Waals surface area contributed by atoms with E-state index in [4.69, 9.17) is 14.3 Å². The van der Waals surface area contributed by atoms with E-state index < -0.39 is 18.3 Å². The van der Waals surface area contributed by atoms with Crippen LogP contribution in [0.2, 0.25) is 0 Å². The standard InChI is InChI=1S/C42H37BN2O2/c1-26-39(29-20-22-32-28(24-29)19-18-27-12-6-7-13-31(27)32)35-15-8-10-16-36(35)44-40(26)45-37-17-11-9-14-33(37)34-23-21-30(25-38(34)45)43-46-41(2,3)42(4,5)47-43/h6-26,39H,1-5H3/t26-,39?/m0/s1. The zero-order valence-corrected chi connectivity index (χ0v) is 27.5. The van der Waals surface area contributed by atoms with Gasteiger partial charge in [0.15, 0.2) is 0 Å². The van der Waals surface area contributed by atoms with Crippen molar-refractivity contribution in [3.8, 4) is 0 Å². The molecule has 47 heavy (non-hydrogen) atoms. The van der Waals surface area contributed by atoms with Gasteiger partial charge in [-0.1, -0.05) is 110 Å². The molecule has 1 saturated heterocycles. The van der Waals surface area contributed by atoms with Crippen molar-refractivity contribution in [1.29, 1.82) is 0 Å². The first kappa shape index (κ1) is 28.5. The molecule has 2 aliphatic rings.